The van der Waals surface area contributed by atoms with Gasteiger partial charge in [0, 0.05) is 78.3 Å². The average Bonchev–Trinajstić information content (AvgIpc) is 2.90. The summed E-state index contributed by atoms with van der Waals surface area (Å²) < 4.78 is 111. The summed E-state index contributed by atoms with van der Waals surface area (Å²) in [7, 11) is 0. The Hall–Kier alpha value is -3.36. The number of nitrogens with zero attached hydrogens (tertiary/aromatic N) is 2. The van der Waals surface area contributed by atoms with E-state index in [9.17, 15) is 63.5 Å². The molecule has 0 bridgehead atoms. The van der Waals surface area contributed by atoms with Crippen molar-refractivity contribution in [3.8, 4) is 0 Å². The number of amides is 5. The molecule has 5 amide bonds. The van der Waals surface area contributed by atoms with E-state index in [4.69, 9.17) is 0 Å². The summed E-state index contributed by atoms with van der Waals surface area (Å²) in [6, 6.07) is 0. The maximum Gasteiger partial charge on any atom is 0.471 e. The van der Waals surface area contributed by atoms with Crippen LogP contribution in [0.4, 0.5) is 39.5 Å². The van der Waals surface area contributed by atoms with Crippen molar-refractivity contribution in [1.82, 2.24) is 36.4 Å². The fraction of sp³-hybridized carbons (Fsp3) is 0.783. The Morgan fingerprint density at radius 2 is 0.750 bits per heavy atom. The first kappa shape index (κ1) is 40.6. The Labute approximate surface area is 246 Å². The molecule has 0 heterocycles. The van der Waals surface area contributed by atoms with E-state index in [0.717, 1.165) is 0 Å². The molecule has 21 heteroatoms. The van der Waals surface area contributed by atoms with Gasteiger partial charge in [-0.2, -0.15) is 39.5 Å². The largest absolute Gasteiger partial charge is 0.471 e. The van der Waals surface area contributed by atoms with E-state index in [2.05, 4.69) is 10.6 Å². The average molecular weight is 662 g/mol. The molecule has 0 atom stereocenters. The second-order valence-corrected chi connectivity index (χ2v) is 9.14. The summed E-state index contributed by atoms with van der Waals surface area (Å²) in [5.74, 6) is -7.51. The predicted octanol–water partition coefficient (Wildman–Crippen LogP) is 0.0485. The van der Waals surface area contributed by atoms with Gasteiger partial charge in [-0.05, 0) is 13.0 Å². The Bertz CT molecular complexity index is 900. The summed E-state index contributed by atoms with van der Waals surface area (Å²) in [5.41, 5.74) is 0. The van der Waals surface area contributed by atoms with Crippen molar-refractivity contribution < 1.29 is 63.5 Å². The van der Waals surface area contributed by atoms with Crippen molar-refractivity contribution in [3.63, 3.8) is 0 Å². The number of carbonyl (C=O) groups is 5. The lowest BCUT2D eigenvalue weighted by atomic mass is 10.3. The minimum absolute atomic E-state index is 0.00332. The predicted molar refractivity (Wildman–Crippen MR) is 136 cm³/mol. The lowest BCUT2D eigenvalue weighted by molar-refractivity contribution is -0.173. The zero-order valence-electron chi connectivity index (χ0n) is 23.7. The van der Waals surface area contributed by atoms with Crippen LogP contribution in [0.5, 0.6) is 0 Å². The van der Waals surface area contributed by atoms with Gasteiger partial charge in [-0.3, -0.25) is 28.9 Å². The third kappa shape index (κ3) is 19.8. The Morgan fingerprint density at radius 1 is 0.455 bits per heavy atom. The van der Waals surface area contributed by atoms with Crippen LogP contribution in [0, 0.1) is 0 Å². The van der Waals surface area contributed by atoms with Gasteiger partial charge in [-0.1, -0.05) is 6.92 Å². The minimum Gasteiger partial charge on any atom is -0.354 e. The molecule has 0 aromatic rings. The maximum absolute atomic E-state index is 12.3. The van der Waals surface area contributed by atoms with Crippen molar-refractivity contribution in [2.45, 2.75) is 44.7 Å². The highest BCUT2D eigenvalue weighted by Crippen LogP contribution is 2.15. The first-order valence-electron chi connectivity index (χ1n) is 13.3. The molecule has 0 unspecified atom stereocenters. The molecule has 12 nitrogen and oxygen atoms in total. The van der Waals surface area contributed by atoms with E-state index in [1.807, 2.05) is 6.92 Å². The van der Waals surface area contributed by atoms with Gasteiger partial charge < -0.3 is 31.5 Å². The van der Waals surface area contributed by atoms with Gasteiger partial charge in [-0.15, -0.1) is 0 Å². The number of alkyl halides is 9. The number of rotatable bonds is 20. The van der Waals surface area contributed by atoms with Gasteiger partial charge in [0.15, 0.2) is 0 Å². The second kappa shape index (κ2) is 19.8. The topological polar surface area (TPSA) is 152 Å². The number of hydrogen-bond acceptors (Lipinski definition) is 7. The highest BCUT2D eigenvalue weighted by molar-refractivity contribution is 5.82. The molecular weight excluding hydrogens is 625 g/mol. The zero-order valence-corrected chi connectivity index (χ0v) is 23.7. The molecule has 0 spiro atoms. The van der Waals surface area contributed by atoms with Crippen LogP contribution in [0.3, 0.4) is 0 Å². The fourth-order valence-corrected chi connectivity index (χ4v) is 3.37. The fourth-order valence-electron chi connectivity index (χ4n) is 3.37. The molecule has 44 heavy (non-hydrogen) atoms. The van der Waals surface area contributed by atoms with Gasteiger partial charge in [-0.25, -0.2) is 0 Å². The molecular formula is C23H36F9N7O5. The molecule has 0 aliphatic heterocycles. The molecule has 0 rings (SSSR count). The highest BCUT2D eigenvalue weighted by atomic mass is 19.4. The molecule has 0 aliphatic carbocycles. The van der Waals surface area contributed by atoms with Crippen LogP contribution in [-0.2, 0) is 24.0 Å². The van der Waals surface area contributed by atoms with Crippen LogP contribution in [0.2, 0.25) is 0 Å². The van der Waals surface area contributed by atoms with Gasteiger partial charge in [0.2, 0.25) is 11.8 Å². The number of halogens is 9. The standard InChI is InChI=1S/C23H36F9N7O5/c1-2-10-38(13-7-35-18(42)21(24,25)26)11-3-16(40)33-5-6-34-17(41)4-12-39(14-8-36-19(43)22(27,28)29)15-9-37-20(44)23(30,31)32/h2-15H2,1H3,(H,33,40)(H,34,41)(H,35,42)(H,36,43)(H,37,44). The van der Waals surface area contributed by atoms with E-state index in [0.29, 0.717) is 13.0 Å². The zero-order chi connectivity index (χ0) is 34.0. The van der Waals surface area contributed by atoms with Crippen LogP contribution >= 0.6 is 0 Å². The van der Waals surface area contributed by atoms with Crippen molar-refractivity contribution in [3.05, 3.63) is 0 Å². The van der Waals surface area contributed by atoms with Crippen LogP contribution in [0.1, 0.15) is 26.2 Å². The normalized spacial score (nSPS) is 12.2. The first-order chi connectivity index (χ1) is 20.3. The smallest absolute Gasteiger partial charge is 0.354 e. The van der Waals surface area contributed by atoms with Gasteiger partial charge in [0.1, 0.15) is 0 Å². The molecule has 0 saturated heterocycles. The Morgan fingerprint density at radius 3 is 1.02 bits per heavy atom. The maximum atomic E-state index is 12.3. The van der Waals surface area contributed by atoms with Gasteiger partial charge >= 0.3 is 36.3 Å². The molecule has 5 N–H and O–H groups in total. The first-order valence-corrected chi connectivity index (χ1v) is 13.3. The van der Waals surface area contributed by atoms with E-state index < -0.39 is 61.2 Å². The van der Waals surface area contributed by atoms with Gasteiger partial charge in [0.25, 0.3) is 0 Å². The lowest BCUT2D eigenvalue weighted by Gasteiger charge is -2.23. The Balaban J connectivity index is 4.52. The molecule has 0 radical (unpaired) electrons. The van der Waals surface area contributed by atoms with Crippen LogP contribution in [-0.4, -0.2) is 130 Å². The molecule has 0 aromatic heterocycles. The molecule has 0 fully saturated rings. The quantitative estimate of drug-likeness (QED) is 0.0914. The van der Waals surface area contributed by atoms with E-state index in [1.54, 1.807) is 20.9 Å². The lowest BCUT2D eigenvalue weighted by Crippen LogP contribution is -2.45. The monoisotopic (exact) mass is 661 g/mol. The van der Waals surface area contributed by atoms with Crippen molar-refractivity contribution in [2.75, 3.05) is 72.0 Å². The number of hydrogen-bond donors (Lipinski definition) is 5. The molecule has 0 aromatic carbocycles. The van der Waals surface area contributed by atoms with Crippen molar-refractivity contribution >= 4 is 29.5 Å². The number of carbonyl (C=O) groups excluding carboxylic acids is 5. The summed E-state index contributed by atoms with van der Waals surface area (Å²) in [4.78, 5) is 59.9. The van der Waals surface area contributed by atoms with Crippen molar-refractivity contribution in [2.24, 2.45) is 0 Å². The van der Waals surface area contributed by atoms with E-state index >= 15 is 0 Å². The highest BCUT2D eigenvalue weighted by Gasteiger charge is 2.39. The van der Waals surface area contributed by atoms with Gasteiger partial charge in [0.05, 0.1) is 0 Å². The molecule has 0 saturated carbocycles. The van der Waals surface area contributed by atoms with Crippen LogP contribution in [0.25, 0.3) is 0 Å². The minimum atomic E-state index is -5.14. The van der Waals surface area contributed by atoms with Crippen molar-refractivity contribution in [1.29, 1.82) is 0 Å². The second-order valence-electron chi connectivity index (χ2n) is 9.14. The van der Waals surface area contributed by atoms with E-state index in [1.165, 1.54) is 4.90 Å². The summed E-state index contributed by atoms with van der Waals surface area (Å²) in [5, 5.41) is 9.90. The third-order valence-electron chi connectivity index (χ3n) is 5.53. The Kier molecular flexibility index (Phi) is 18.3. The third-order valence-corrected chi connectivity index (χ3v) is 5.53. The molecule has 256 valence electrons. The van der Waals surface area contributed by atoms with E-state index in [-0.39, 0.29) is 65.2 Å². The van der Waals surface area contributed by atoms with Crippen LogP contribution in [0.15, 0.2) is 0 Å². The number of nitrogens with one attached hydrogen (secondary N) is 5. The summed E-state index contributed by atoms with van der Waals surface area (Å²) in [6.45, 7) is 0.448. The molecule has 0 aliphatic rings. The summed E-state index contributed by atoms with van der Waals surface area (Å²) in [6.07, 6.45) is -14.9. The SMILES string of the molecule is CCCN(CCNC(=O)C(F)(F)F)CCC(=O)NCCNC(=O)CCN(CCNC(=O)C(F)(F)F)CCNC(=O)C(F)(F)F. The van der Waals surface area contributed by atoms with Crippen LogP contribution < -0.4 is 26.6 Å². The summed E-state index contributed by atoms with van der Waals surface area (Å²) >= 11 is 0.